The third-order valence-corrected chi connectivity index (χ3v) is 3.61. The lowest BCUT2D eigenvalue weighted by Gasteiger charge is -2.19. The molecule has 1 heterocycles. The van der Waals surface area contributed by atoms with Crippen molar-refractivity contribution < 1.29 is 5.11 Å². The maximum Gasteiger partial charge on any atom is 0.117 e. The first kappa shape index (κ1) is 13.2. The minimum absolute atomic E-state index is 0.104. The van der Waals surface area contributed by atoms with Crippen molar-refractivity contribution in [3.8, 4) is 0 Å². The molecule has 1 aromatic carbocycles. The Morgan fingerprint density at radius 1 is 1.28 bits per heavy atom. The topological polar surface area (TPSA) is 46.0 Å². The van der Waals surface area contributed by atoms with Gasteiger partial charge in [0, 0.05) is 5.41 Å². The molecule has 96 valence electrons. The molecule has 1 unspecified atom stereocenters. The molecule has 0 saturated carbocycles. The smallest absolute Gasteiger partial charge is 0.117 e. The number of rotatable bonds is 2. The second-order valence-electron chi connectivity index (χ2n) is 5.55. The van der Waals surface area contributed by atoms with Crippen molar-refractivity contribution >= 4 is 11.5 Å². The zero-order valence-corrected chi connectivity index (χ0v) is 12.0. The Balaban J connectivity index is 2.41. The summed E-state index contributed by atoms with van der Waals surface area (Å²) in [4.78, 5) is 0.841. The molecule has 0 amide bonds. The van der Waals surface area contributed by atoms with Crippen molar-refractivity contribution in [2.45, 2.75) is 39.2 Å². The van der Waals surface area contributed by atoms with Crippen LogP contribution in [0.4, 0.5) is 0 Å². The lowest BCUT2D eigenvalue weighted by Crippen LogP contribution is -2.16. The number of nitrogens with zero attached hydrogens (tertiary/aromatic N) is 2. The van der Waals surface area contributed by atoms with Crippen molar-refractivity contribution in [1.82, 2.24) is 9.59 Å². The molecule has 0 radical (unpaired) electrons. The summed E-state index contributed by atoms with van der Waals surface area (Å²) in [7, 11) is 0. The zero-order valence-electron chi connectivity index (χ0n) is 11.1. The third kappa shape index (κ3) is 2.60. The molecule has 3 nitrogen and oxygen atoms in total. The highest BCUT2D eigenvalue weighted by Crippen LogP contribution is 2.33. The first-order chi connectivity index (χ1) is 8.39. The van der Waals surface area contributed by atoms with Crippen LogP contribution in [0.1, 0.15) is 48.6 Å². The summed E-state index contributed by atoms with van der Waals surface area (Å²) in [5.41, 5.74) is 2.81. The van der Waals surface area contributed by atoms with Gasteiger partial charge in [0.05, 0.1) is 10.6 Å². The number of benzene rings is 1. The van der Waals surface area contributed by atoms with E-state index >= 15 is 0 Å². The average molecular weight is 262 g/mol. The van der Waals surface area contributed by atoms with Gasteiger partial charge in [0.25, 0.3) is 0 Å². The largest absolute Gasteiger partial charge is 0.383 e. The van der Waals surface area contributed by atoms with Gasteiger partial charge in [-0.05, 0) is 24.0 Å². The summed E-state index contributed by atoms with van der Waals surface area (Å²) in [5.74, 6) is 0. The summed E-state index contributed by atoms with van der Waals surface area (Å²) < 4.78 is 3.99. The van der Waals surface area contributed by atoms with Gasteiger partial charge in [-0.3, -0.25) is 0 Å². The van der Waals surface area contributed by atoms with E-state index in [1.807, 2.05) is 31.2 Å². The van der Waals surface area contributed by atoms with Crippen LogP contribution in [0, 0.1) is 6.92 Å². The molecule has 0 aliphatic carbocycles. The Bertz CT molecular complexity index is 543. The van der Waals surface area contributed by atoms with Crippen LogP contribution in [0.5, 0.6) is 0 Å². The molecule has 0 spiro atoms. The van der Waals surface area contributed by atoms with Gasteiger partial charge in [0.15, 0.2) is 0 Å². The molecule has 0 bridgehead atoms. The molecule has 0 aliphatic heterocycles. The molecule has 1 aromatic heterocycles. The normalized spacial score (nSPS) is 13.6. The highest BCUT2D eigenvalue weighted by molar-refractivity contribution is 7.05. The van der Waals surface area contributed by atoms with E-state index in [1.165, 1.54) is 11.5 Å². The summed E-state index contributed by atoms with van der Waals surface area (Å²) in [6.45, 7) is 8.26. The molecule has 0 aliphatic rings. The standard InChI is InChI=1S/C14H18N2OS/c1-9-6-5-7-10(8-9)11(17)12-13(14(2,3)4)15-16-18-12/h5-8,11,17H,1-4H3. The number of aliphatic hydroxyl groups excluding tert-OH is 1. The summed E-state index contributed by atoms with van der Waals surface area (Å²) in [5, 5.41) is 14.6. The SMILES string of the molecule is Cc1cccc(C(O)c2snnc2C(C)(C)C)c1. The van der Waals surface area contributed by atoms with Crippen LogP contribution in [0.15, 0.2) is 24.3 Å². The van der Waals surface area contributed by atoms with Crippen molar-refractivity contribution in [2.24, 2.45) is 0 Å². The fourth-order valence-corrected chi connectivity index (χ4v) is 2.77. The van der Waals surface area contributed by atoms with Crippen molar-refractivity contribution in [1.29, 1.82) is 0 Å². The molecule has 0 fully saturated rings. The first-order valence-corrected chi connectivity index (χ1v) is 6.74. The lowest BCUT2D eigenvalue weighted by atomic mass is 9.89. The van der Waals surface area contributed by atoms with Crippen LogP contribution < -0.4 is 0 Å². The number of hydrogen-bond acceptors (Lipinski definition) is 4. The maximum atomic E-state index is 10.5. The van der Waals surface area contributed by atoms with Gasteiger partial charge in [0.2, 0.25) is 0 Å². The van der Waals surface area contributed by atoms with E-state index in [1.54, 1.807) is 0 Å². The Labute approximate surface area is 112 Å². The van der Waals surface area contributed by atoms with Crippen LogP contribution in [0.3, 0.4) is 0 Å². The van der Waals surface area contributed by atoms with E-state index in [4.69, 9.17) is 0 Å². The molecule has 2 aromatic rings. The van der Waals surface area contributed by atoms with Crippen LogP contribution in [-0.2, 0) is 5.41 Å². The van der Waals surface area contributed by atoms with Gasteiger partial charge in [-0.2, -0.15) is 0 Å². The van der Waals surface area contributed by atoms with Crippen molar-refractivity contribution in [3.63, 3.8) is 0 Å². The summed E-state index contributed by atoms with van der Waals surface area (Å²) >= 11 is 1.27. The van der Waals surface area contributed by atoms with Crippen molar-refractivity contribution in [3.05, 3.63) is 46.0 Å². The van der Waals surface area contributed by atoms with E-state index in [2.05, 4.69) is 30.4 Å². The molecular formula is C14H18N2OS. The van der Waals surface area contributed by atoms with Gasteiger partial charge >= 0.3 is 0 Å². The quantitative estimate of drug-likeness (QED) is 0.904. The van der Waals surface area contributed by atoms with Crippen LogP contribution in [0.2, 0.25) is 0 Å². The van der Waals surface area contributed by atoms with E-state index in [-0.39, 0.29) is 5.41 Å². The first-order valence-electron chi connectivity index (χ1n) is 5.97. The molecule has 1 N–H and O–H groups in total. The molecule has 1 atom stereocenters. The van der Waals surface area contributed by atoms with Crippen molar-refractivity contribution in [2.75, 3.05) is 0 Å². The number of aliphatic hydroxyl groups is 1. The number of aromatic nitrogens is 2. The molecule has 4 heteroatoms. The van der Waals surface area contributed by atoms with E-state index < -0.39 is 6.10 Å². The van der Waals surface area contributed by atoms with E-state index in [0.717, 1.165) is 21.7 Å². The second-order valence-corrected chi connectivity index (χ2v) is 6.34. The average Bonchev–Trinajstić information content (AvgIpc) is 2.76. The van der Waals surface area contributed by atoms with Crippen LogP contribution >= 0.6 is 11.5 Å². The minimum atomic E-state index is -0.640. The van der Waals surface area contributed by atoms with Crippen LogP contribution in [0.25, 0.3) is 0 Å². The molecular weight excluding hydrogens is 244 g/mol. The van der Waals surface area contributed by atoms with Gasteiger partial charge in [-0.25, -0.2) is 0 Å². The number of hydrogen-bond donors (Lipinski definition) is 1. The Kier molecular flexibility index (Phi) is 3.50. The fraction of sp³-hybridized carbons (Fsp3) is 0.429. The van der Waals surface area contributed by atoms with E-state index in [9.17, 15) is 5.11 Å². The fourth-order valence-electron chi connectivity index (χ4n) is 1.89. The predicted molar refractivity (Wildman–Crippen MR) is 73.8 cm³/mol. The van der Waals surface area contributed by atoms with Gasteiger partial charge < -0.3 is 5.11 Å². The summed E-state index contributed by atoms with van der Waals surface area (Å²) in [6, 6.07) is 7.91. The summed E-state index contributed by atoms with van der Waals surface area (Å²) in [6.07, 6.45) is -0.640. The third-order valence-electron chi connectivity index (χ3n) is 2.83. The highest BCUT2D eigenvalue weighted by Gasteiger charge is 2.27. The molecule has 18 heavy (non-hydrogen) atoms. The molecule has 2 rings (SSSR count). The minimum Gasteiger partial charge on any atom is -0.383 e. The zero-order chi connectivity index (χ0) is 13.3. The Morgan fingerprint density at radius 2 is 2.00 bits per heavy atom. The van der Waals surface area contributed by atoms with Crippen LogP contribution in [-0.4, -0.2) is 14.7 Å². The Hall–Kier alpha value is -1.26. The number of aryl methyl sites for hydroxylation is 1. The highest BCUT2D eigenvalue weighted by atomic mass is 32.1. The van der Waals surface area contributed by atoms with Gasteiger partial charge in [-0.1, -0.05) is 55.1 Å². The van der Waals surface area contributed by atoms with Gasteiger partial charge in [0.1, 0.15) is 6.10 Å². The van der Waals surface area contributed by atoms with Gasteiger partial charge in [-0.15, -0.1) is 5.10 Å². The van der Waals surface area contributed by atoms with E-state index in [0.29, 0.717) is 0 Å². The lowest BCUT2D eigenvalue weighted by molar-refractivity contribution is 0.221. The Morgan fingerprint density at radius 3 is 2.61 bits per heavy atom. The predicted octanol–water partition coefficient (Wildman–Crippen LogP) is 3.23. The molecule has 0 saturated heterocycles. The second kappa shape index (κ2) is 4.78. The monoisotopic (exact) mass is 262 g/mol. The maximum absolute atomic E-state index is 10.5.